The zero-order valence-electron chi connectivity index (χ0n) is 11.1. The van der Waals surface area contributed by atoms with E-state index in [1.54, 1.807) is 25.6 Å². The van der Waals surface area contributed by atoms with Gasteiger partial charge in [-0.15, -0.1) is 0 Å². The molecule has 0 fully saturated rings. The summed E-state index contributed by atoms with van der Waals surface area (Å²) in [6.07, 6.45) is 9.02. The second-order valence-electron chi connectivity index (χ2n) is 5.51. The lowest BCUT2D eigenvalue weighted by atomic mass is 9.67. The van der Waals surface area contributed by atoms with Crippen LogP contribution in [0.5, 0.6) is 11.5 Å². The van der Waals surface area contributed by atoms with Crippen molar-refractivity contribution >= 4 is 10.8 Å². The van der Waals surface area contributed by atoms with Crippen molar-refractivity contribution in [1.82, 2.24) is 4.98 Å². The number of phenols is 2. The average Bonchev–Trinajstić information content (AvgIpc) is 2.53. The molecule has 5 rings (SSSR count). The highest BCUT2D eigenvalue weighted by molar-refractivity contribution is 5.96. The number of ether oxygens (including phenoxy) is 1. The van der Waals surface area contributed by atoms with E-state index in [1.807, 2.05) is 6.08 Å². The smallest absolute Gasteiger partial charge is 0.130 e. The maximum absolute atomic E-state index is 10.7. The third-order valence-corrected chi connectivity index (χ3v) is 4.68. The Balaban J connectivity index is 2.18. The topological polar surface area (TPSA) is 62.6 Å². The molecule has 0 amide bonds. The van der Waals surface area contributed by atoms with Crippen LogP contribution >= 0.6 is 0 Å². The number of benzene rings is 1. The lowest BCUT2D eigenvalue weighted by molar-refractivity contribution is 0.00452. The first-order valence-electron chi connectivity index (χ1n) is 6.74. The van der Waals surface area contributed by atoms with Crippen molar-refractivity contribution < 1.29 is 14.9 Å². The van der Waals surface area contributed by atoms with Crippen LogP contribution in [0.4, 0.5) is 0 Å². The van der Waals surface area contributed by atoms with Gasteiger partial charge in [-0.25, -0.2) is 0 Å². The number of fused-ring (bicyclic) bond motifs is 2. The standard InChI is InChI=1S/C16H15NO3/c1-20-16-5-2-9(3-6-16)12-13(16)15(19)10-4-7-17-8-11(10)14(12)18/h2,4-5,7-9,18-19H,3,6H2,1H3/t9-,16+/m1/s1. The van der Waals surface area contributed by atoms with Crippen molar-refractivity contribution in [1.29, 1.82) is 0 Å². The van der Waals surface area contributed by atoms with E-state index in [0.717, 1.165) is 24.0 Å². The number of methoxy groups -OCH3 is 1. The molecule has 0 unspecified atom stereocenters. The van der Waals surface area contributed by atoms with E-state index in [4.69, 9.17) is 4.74 Å². The zero-order valence-corrected chi connectivity index (χ0v) is 11.1. The van der Waals surface area contributed by atoms with Crippen molar-refractivity contribution in [2.24, 2.45) is 0 Å². The number of allylic oxidation sites excluding steroid dienone is 1. The Morgan fingerprint density at radius 1 is 1.30 bits per heavy atom. The molecule has 2 bridgehead atoms. The predicted molar refractivity (Wildman–Crippen MR) is 74.9 cm³/mol. The van der Waals surface area contributed by atoms with Crippen molar-refractivity contribution in [2.75, 3.05) is 7.11 Å². The molecule has 1 aromatic heterocycles. The van der Waals surface area contributed by atoms with Gasteiger partial charge >= 0.3 is 0 Å². The average molecular weight is 269 g/mol. The summed E-state index contributed by atoms with van der Waals surface area (Å²) in [5, 5.41) is 22.5. The molecule has 4 heteroatoms. The van der Waals surface area contributed by atoms with Crippen molar-refractivity contribution in [2.45, 2.75) is 24.4 Å². The van der Waals surface area contributed by atoms with Crippen LogP contribution in [-0.2, 0) is 10.3 Å². The molecule has 2 aromatic rings. The van der Waals surface area contributed by atoms with Gasteiger partial charge in [0.1, 0.15) is 17.1 Å². The summed E-state index contributed by atoms with van der Waals surface area (Å²) in [7, 11) is 1.65. The van der Waals surface area contributed by atoms with Crippen LogP contribution in [0, 0.1) is 0 Å². The summed E-state index contributed by atoms with van der Waals surface area (Å²) in [5.74, 6) is 0.556. The second-order valence-corrected chi connectivity index (χ2v) is 5.51. The number of pyridine rings is 1. The first kappa shape index (κ1) is 11.7. The van der Waals surface area contributed by atoms with Crippen molar-refractivity contribution in [3.05, 3.63) is 41.7 Å². The minimum absolute atomic E-state index is 0.137. The maximum Gasteiger partial charge on any atom is 0.130 e. The van der Waals surface area contributed by atoms with E-state index < -0.39 is 5.60 Å². The molecule has 102 valence electrons. The van der Waals surface area contributed by atoms with E-state index in [0.29, 0.717) is 10.8 Å². The Kier molecular flexibility index (Phi) is 2.19. The molecular formula is C16H15NO3. The molecule has 1 heterocycles. The number of rotatable bonds is 1. The Bertz CT molecular complexity index is 753. The number of aromatic hydroxyl groups is 2. The molecule has 20 heavy (non-hydrogen) atoms. The summed E-state index contributed by atoms with van der Waals surface area (Å²) in [4.78, 5) is 4.04. The van der Waals surface area contributed by atoms with Gasteiger partial charge < -0.3 is 14.9 Å². The van der Waals surface area contributed by atoms with E-state index >= 15 is 0 Å². The molecule has 3 aliphatic carbocycles. The monoisotopic (exact) mass is 269 g/mol. The van der Waals surface area contributed by atoms with Crippen molar-refractivity contribution in [3.8, 4) is 11.5 Å². The lowest BCUT2D eigenvalue weighted by Crippen LogP contribution is -2.35. The van der Waals surface area contributed by atoms with Crippen LogP contribution in [0.2, 0.25) is 0 Å². The Morgan fingerprint density at radius 3 is 2.85 bits per heavy atom. The van der Waals surface area contributed by atoms with E-state index in [9.17, 15) is 10.2 Å². The van der Waals surface area contributed by atoms with Gasteiger partial charge in [-0.1, -0.05) is 12.2 Å². The second kappa shape index (κ2) is 3.73. The minimum Gasteiger partial charge on any atom is -0.507 e. The van der Waals surface area contributed by atoms with E-state index in [2.05, 4.69) is 11.1 Å². The van der Waals surface area contributed by atoms with E-state index in [1.165, 1.54) is 0 Å². The van der Waals surface area contributed by atoms with Crippen LogP contribution in [0.3, 0.4) is 0 Å². The van der Waals surface area contributed by atoms with Crippen LogP contribution in [0.25, 0.3) is 10.8 Å². The summed E-state index contributed by atoms with van der Waals surface area (Å²) in [6, 6.07) is 1.72. The van der Waals surface area contributed by atoms with Gasteiger partial charge in [-0.05, 0) is 18.9 Å². The van der Waals surface area contributed by atoms with Crippen molar-refractivity contribution in [3.63, 3.8) is 0 Å². The number of aromatic nitrogens is 1. The highest BCUT2D eigenvalue weighted by Crippen LogP contribution is 2.57. The molecule has 0 aliphatic heterocycles. The largest absolute Gasteiger partial charge is 0.507 e. The number of hydrogen-bond acceptors (Lipinski definition) is 4. The molecule has 3 aliphatic rings. The fourth-order valence-electron chi connectivity index (χ4n) is 3.65. The fraction of sp³-hybridized carbons (Fsp3) is 0.312. The highest BCUT2D eigenvalue weighted by atomic mass is 16.5. The van der Waals surface area contributed by atoms with Gasteiger partial charge in [-0.3, -0.25) is 4.98 Å². The predicted octanol–water partition coefficient (Wildman–Crippen LogP) is 2.93. The van der Waals surface area contributed by atoms with Crippen LogP contribution in [0.1, 0.15) is 29.9 Å². The molecule has 1 aromatic carbocycles. The van der Waals surface area contributed by atoms with E-state index in [-0.39, 0.29) is 17.4 Å². The Labute approximate surface area is 116 Å². The Morgan fingerprint density at radius 2 is 2.15 bits per heavy atom. The van der Waals surface area contributed by atoms with Gasteiger partial charge in [0, 0.05) is 47.3 Å². The van der Waals surface area contributed by atoms with Gasteiger partial charge in [0.25, 0.3) is 0 Å². The third kappa shape index (κ3) is 1.22. The molecule has 4 nitrogen and oxygen atoms in total. The Hall–Kier alpha value is -2.07. The fourth-order valence-corrected chi connectivity index (χ4v) is 3.65. The summed E-state index contributed by atoms with van der Waals surface area (Å²) in [5.41, 5.74) is 0.886. The zero-order chi connectivity index (χ0) is 13.9. The third-order valence-electron chi connectivity index (χ3n) is 4.68. The van der Waals surface area contributed by atoms with Gasteiger partial charge in [0.15, 0.2) is 0 Å². The van der Waals surface area contributed by atoms with Gasteiger partial charge in [-0.2, -0.15) is 0 Å². The maximum atomic E-state index is 10.7. The molecule has 0 radical (unpaired) electrons. The molecular weight excluding hydrogens is 254 g/mol. The van der Waals surface area contributed by atoms with Crippen LogP contribution in [-0.4, -0.2) is 22.3 Å². The highest BCUT2D eigenvalue weighted by Gasteiger charge is 2.45. The first-order valence-corrected chi connectivity index (χ1v) is 6.74. The SMILES string of the molecule is CO[C@@]12C=C[C@H](CC1)c1c2c(O)c2ccncc2c1O. The molecule has 2 N–H and O–H groups in total. The molecule has 2 atom stereocenters. The summed E-state index contributed by atoms with van der Waals surface area (Å²) >= 11 is 0. The summed E-state index contributed by atoms with van der Waals surface area (Å²) in [6.45, 7) is 0. The quantitative estimate of drug-likeness (QED) is 0.617. The number of hydrogen-bond donors (Lipinski definition) is 2. The normalized spacial score (nSPS) is 26.9. The first-order chi connectivity index (χ1) is 9.68. The minimum atomic E-state index is -0.622. The number of nitrogens with zero attached hydrogens (tertiary/aromatic N) is 1. The van der Waals surface area contributed by atoms with Gasteiger partial charge in [0.2, 0.25) is 0 Å². The molecule has 0 spiro atoms. The van der Waals surface area contributed by atoms with Crippen LogP contribution in [0.15, 0.2) is 30.6 Å². The van der Waals surface area contributed by atoms with Crippen LogP contribution < -0.4 is 0 Å². The van der Waals surface area contributed by atoms with Gasteiger partial charge in [0.05, 0.1) is 0 Å². The molecule has 0 saturated heterocycles. The number of phenolic OH excluding ortho intramolecular Hbond substituents is 2. The summed E-state index contributed by atoms with van der Waals surface area (Å²) < 4.78 is 5.70. The molecule has 0 saturated carbocycles. The lowest BCUT2D eigenvalue weighted by Gasteiger charge is -2.43.